The maximum Gasteiger partial charge on any atom is 0.407 e. The Labute approximate surface area is 159 Å². The first-order valence-electron chi connectivity index (χ1n) is 8.74. The van der Waals surface area contributed by atoms with Gasteiger partial charge in [0.05, 0.1) is 7.11 Å². The second-order valence-corrected chi connectivity index (χ2v) is 7.04. The molecule has 0 bridgehead atoms. The zero-order valence-corrected chi connectivity index (χ0v) is 16.2. The van der Waals surface area contributed by atoms with Crippen LogP contribution in [0.25, 0.3) is 0 Å². The Bertz CT molecular complexity index is 780. The fourth-order valence-electron chi connectivity index (χ4n) is 2.40. The van der Waals surface area contributed by atoms with Gasteiger partial charge in [-0.25, -0.2) is 4.79 Å². The Morgan fingerprint density at radius 3 is 2.22 bits per heavy atom. The van der Waals surface area contributed by atoms with E-state index >= 15 is 0 Å². The quantitative estimate of drug-likeness (QED) is 0.814. The molecule has 2 aromatic carbocycles. The van der Waals surface area contributed by atoms with Crippen LogP contribution in [-0.2, 0) is 17.8 Å². The van der Waals surface area contributed by atoms with Crippen molar-refractivity contribution in [1.82, 2.24) is 10.6 Å². The van der Waals surface area contributed by atoms with Crippen LogP contribution in [0.3, 0.4) is 0 Å². The van der Waals surface area contributed by atoms with Crippen LogP contribution >= 0.6 is 0 Å². The molecule has 0 aliphatic heterocycles. The van der Waals surface area contributed by atoms with Gasteiger partial charge in [0, 0.05) is 18.7 Å². The fraction of sp³-hybridized carbons (Fsp3) is 0.333. The molecule has 0 unspecified atom stereocenters. The number of amides is 2. The molecule has 0 fully saturated rings. The van der Waals surface area contributed by atoms with E-state index in [4.69, 9.17) is 9.47 Å². The van der Waals surface area contributed by atoms with E-state index in [0.717, 1.165) is 16.9 Å². The number of ether oxygens (including phenoxy) is 2. The van der Waals surface area contributed by atoms with Crippen molar-refractivity contribution in [3.8, 4) is 5.75 Å². The summed E-state index contributed by atoms with van der Waals surface area (Å²) in [6.07, 6.45) is -0.518. The van der Waals surface area contributed by atoms with Crippen molar-refractivity contribution in [3.63, 3.8) is 0 Å². The number of benzene rings is 2. The second kappa shape index (κ2) is 9.07. The van der Waals surface area contributed by atoms with E-state index in [-0.39, 0.29) is 12.5 Å². The van der Waals surface area contributed by atoms with Crippen LogP contribution in [0.4, 0.5) is 4.79 Å². The lowest BCUT2D eigenvalue weighted by atomic mass is 10.1. The first kappa shape index (κ1) is 20.3. The Balaban J connectivity index is 1.96. The number of hydrogen-bond donors (Lipinski definition) is 2. The fourth-order valence-corrected chi connectivity index (χ4v) is 2.40. The van der Waals surface area contributed by atoms with Crippen molar-refractivity contribution >= 4 is 12.0 Å². The molecule has 0 radical (unpaired) electrons. The predicted molar refractivity (Wildman–Crippen MR) is 104 cm³/mol. The molecule has 0 atom stereocenters. The van der Waals surface area contributed by atoms with Gasteiger partial charge in [-0.15, -0.1) is 0 Å². The summed E-state index contributed by atoms with van der Waals surface area (Å²) in [6.45, 7) is 6.01. The van der Waals surface area contributed by atoms with Crippen LogP contribution in [0.2, 0.25) is 0 Å². The number of alkyl carbamates (subject to hydrolysis) is 1. The molecular weight excluding hydrogens is 344 g/mol. The smallest absolute Gasteiger partial charge is 0.407 e. The van der Waals surface area contributed by atoms with Gasteiger partial charge in [0.1, 0.15) is 11.4 Å². The van der Waals surface area contributed by atoms with Crippen molar-refractivity contribution < 1.29 is 19.1 Å². The molecule has 6 heteroatoms. The Morgan fingerprint density at radius 1 is 0.926 bits per heavy atom. The third-order valence-electron chi connectivity index (χ3n) is 3.70. The summed E-state index contributed by atoms with van der Waals surface area (Å²) >= 11 is 0. The second-order valence-electron chi connectivity index (χ2n) is 7.04. The Hall–Kier alpha value is -3.02. The van der Waals surface area contributed by atoms with Gasteiger partial charge >= 0.3 is 6.09 Å². The highest BCUT2D eigenvalue weighted by atomic mass is 16.6. The molecule has 144 valence electrons. The summed E-state index contributed by atoms with van der Waals surface area (Å²) < 4.78 is 10.3. The van der Waals surface area contributed by atoms with Gasteiger partial charge in [-0.05, 0) is 50.1 Å². The van der Waals surface area contributed by atoms with Gasteiger partial charge in [-0.1, -0.05) is 30.3 Å². The van der Waals surface area contributed by atoms with Crippen molar-refractivity contribution in [2.45, 2.75) is 39.5 Å². The van der Waals surface area contributed by atoms with E-state index in [9.17, 15) is 9.59 Å². The van der Waals surface area contributed by atoms with Crippen molar-refractivity contribution in [2.24, 2.45) is 0 Å². The standard InChI is InChI=1S/C21H26N2O4/c1-21(2,3)27-20(25)23-14-16-7-5-6-8-18(16)19(24)22-13-15-9-11-17(26-4)12-10-15/h5-12H,13-14H2,1-4H3,(H,22,24)(H,23,25). The average molecular weight is 370 g/mol. The molecule has 2 N–H and O–H groups in total. The lowest BCUT2D eigenvalue weighted by molar-refractivity contribution is 0.0522. The Morgan fingerprint density at radius 2 is 1.59 bits per heavy atom. The number of methoxy groups -OCH3 is 1. The lowest BCUT2D eigenvalue weighted by Crippen LogP contribution is -2.33. The minimum atomic E-state index is -0.570. The van der Waals surface area contributed by atoms with Crippen molar-refractivity contribution in [1.29, 1.82) is 0 Å². The van der Waals surface area contributed by atoms with Gasteiger partial charge in [0.25, 0.3) is 5.91 Å². The molecule has 0 aliphatic carbocycles. The number of carbonyl (C=O) groups excluding carboxylic acids is 2. The summed E-state index contributed by atoms with van der Waals surface area (Å²) in [4.78, 5) is 24.4. The molecule has 0 saturated heterocycles. The largest absolute Gasteiger partial charge is 0.497 e. The van der Waals surface area contributed by atoms with Crippen LogP contribution in [0.5, 0.6) is 5.75 Å². The van der Waals surface area contributed by atoms with E-state index in [2.05, 4.69) is 10.6 Å². The van der Waals surface area contributed by atoms with Gasteiger partial charge in [0.15, 0.2) is 0 Å². The third kappa shape index (κ3) is 6.66. The number of hydrogen-bond acceptors (Lipinski definition) is 4. The zero-order chi connectivity index (χ0) is 19.9. The zero-order valence-electron chi connectivity index (χ0n) is 16.2. The first-order chi connectivity index (χ1) is 12.8. The molecule has 0 aliphatic rings. The topological polar surface area (TPSA) is 76.7 Å². The monoisotopic (exact) mass is 370 g/mol. The SMILES string of the molecule is COc1ccc(CNC(=O)c2ccccc2CNC(=O)OC(C)(C)C)cc1. The highest BCUT2D eigenvalue weighted by molar-refractivity contribution is 5.95. The molecule has 0 heterocycles. The number of nitrogens with one attached hydrogen (secondary N) is 2. The normalized spacial score (nSPS) is 10.8. The summed E-state index contributed by atoms with van der Waals surface area (Å²) in [7, 11) is 1.61. The van der Waals surface area contributed by atoms with Crippen molar-refractivity contribution in [2.75, 3.05) is 7.11 Å². The van der Waals surface area contributed by atoms with Crippen LogP contribution in [-0.4, -0.2) is 24.7 Å². The summed E-state index contributed by atoms with van der Waals surface area (Å²) in [5, 5.41) is 5.58. The van der Waals surface area contributed by atoms with Gasteiger partial charge in [0.2, 0.25) is 0 Å². The molecule has 2 rings (SSSR count). The summed E-state index contributed by atoms with van der Waals surface area (Å²) in [5.41, 5.74) is 1.63. The number of carbonyl (C=O) groups is 2. The molecule has 27 heavy (non-hydrogen) atoms. The predicted octanol–water partition coefficient (Wildman–Crippen LogP) is 3.65. The first-order valence-corrected chi connectivity index (χ1v) is 8.74. The minimum absolute atomic E-state index is 0.201. The van der Waals surface area contributed by atoms with Crippen LogP contribution in [0, 0.1) is 0 Å². The maximum atomic E-state index is 12.6. The average Bonchev–Trinajstić information content (AvgIpc) is 2.63. The molecule has 2 amide bonds. The minimum Gasteiger partial charge on any atom is -0.497 e. The molecule has 0 spiro atoms. The van der Waals surface area contributed by atoms with E-state index < -0.39 is 11.7 Å². The molecular formula is C21H26N2O4. The summed E-state index contributed by atoms with van der Waals surface area (Å²) in [5.74, 6) is 0.566. The molecule has 0 saturated carbocycles. The maximum absolute atomic E-state index is 12.6. The molecule has 6 nitrogen and oxygen atoms in total. The van der Waals surface area contributed by atoms with E-state index in [1.54, 1.807) is 46.1 Å². The van der Waals surface area contributed by atoms with E-state index in [0.29, 0.717) is 12.1 Å². The van der Waals surface area contributed by atoms with Crippen LogP contribution in [0.15, 0.2) is 48.5 Å². The highest BCUT2D eigenvalue weighted by Gasteiger charge is 2.17. The van der Waals surface area contributed by atoms with Crippen LogP contribution < -0.4 is 15.4 Å². The molecule has 0 aromatic heterocycles. The van der Waals surface area contributed by atoms with Gasteiger partial charge in [-0.3, -0.25) is 4.79 Å². The van der Waals surface area contributed by atoms with Crippen molar-refractivity contribution in [3.05, 3.63) is 65.2 Å². The van der Waals surface area contributed by atoms with E-state index in [1.807, 2.05) is 30.3 Å². The molecule has 2 aromatic rings. The highest BCUT2D eigenvalue weighted by Crippen LogP contribution is 2.13. The lowest BCUT2D eigenvalue weighted by Gasteiger charge is -2.20. The summed E-state index contributed by atoms with van der Waals surface area (Å²) in [6, 6.07) is 14.6. The third-order valence-corrected chi connectivity index (χ3v) is 3.70. The van der Waals surface area contributed by atoms with E-state index in [1.165, 1.54) is 0 Å². The number of rotatable bonds is 6. The Kier molecular flexibility index (Phi) is 6.82. The van der Waals surface area contributed by atoms with Gasteiger partial charge < -0.3 is 20.1 Å². The van der Waals surface area contributed by atoms with Crippen LogP contribution in [0.1, 0.15) is 42.3 Å². The van der Waals surface area contributed by atoms with Gasteiger partial charge in [-0.2, -0.15) is 0 Å².